The largest absolute Gasteiger partial charge is 0.345 e. The minimum atomic E-state index is -3.31. The molecule has 0 saturated carbocycles. The zero-order chi connectivity index (χ0) is 18.6. The zero-order valence-electron chi connectivity index (χ0n) is 15.8. The molecular formula is C17H34O6S. The Hall–Kier alpha value is -0.660. The van der Waals surface area contributed by atoms with Crippen molar-refractivity contribution in [1.29, 1.82) is 0 Å². The van der Waals surface area contributed by atoms with E-state index in [1.54, 1.807) is 0 Å². The summed E-state index contributed by atoms with van der Waals surface area (Å²) in [5.74, 6) is -0.456. The van der Waals surface area contributed by atoms with Gasteiger partial charge < -0.3 is 0 Å². The van der Waals surface area contributed by atoms with E-state index in [0.717, 1.165) is 51.2 Å². The van der Waals surface area contributed by atoms with Crippen LogP contribution < -0.4 is 0 Å². The molecule has 0 bridgehead atoms. The van der Waals surface area contributed by atoms with Crippen molar-refractivity contribution < 1.29 is 27.2 Å². The molecule has 0 rings (SSSR count). The molecule has 6 nitrogen and oxygen atoms in total. The summed E-state index contributed by atoms with van der Waals surface area (Å²) in [4.78, 5) is 21.8. The van der Waals surface area contributed by atoms with Gasteiger partial charge in [-0.15, -0.1) is 0 Å². The fraction of sp³-hybridized carbons (Fsp3) is 0.941. The van der Waals surface area contributed by atoms with Crippen LogP contribution in [0.4, 0.5) is 0 Å². The summed E-state index contributed by atoms with van der Waals surface area (Å²) in [6.07, 6.45) is 7.35. The van der Waals surface area contributed by atoms with Gasteiger partial charge in [-0.25, -0.2) is 4.79 Å². The molecule has 0 aliphatic rings. The Morgan fingerprint density at radius 3 is 1.92 bits per heavy atom. The average Bonchev–Trinajstić information content (AvgIpc) is 2.42. The van der Waals surface area contributed by atoms with Gasteiger partial charge >= 0.3 is 5.97 Å². The van der Waals surface area contributed by atoms with Crippen molar-refractivity contribution >= 4 is 16.1 Å². The first-order valence-electron chi connectivity index (χ1n) is 8.75. The molecule has 0 aliphatic carbocycles. The number of rotatable bonds is 13. The van der Waals surface area contributed by atoms with Gasteiger partial charge in [-0.2, -0.15) is 13.3 Å². The molecule has 0 aliphatic heterocycles. The molecule has 1 atom stereocenters. The molecule has 0 aromatic heterocycles. The predicted octanol–water partition coefficient (Wildman–Crippen LogP) is 3.85. The molecule has 0 saturated heterocycles. The average molecular weight is 367 g/mol. The summed E-state index contributed by atoms with van der Waals surface area (Å²) in [5, 5.41) is 0. The Balaban J connectivity index is 3.53. The Kier molecular flexibility index (Phi) is 11.5. The Morgan fingerprint density at radius 1 is 0.958 bits per heavy atom. The minimum Gasteiger partial charge on any atom is -0.298 e. The first-order valence-corrected chi connectivity index (χ1v) is 10.6. The van der Waals surface area contributed by atoms with Crippen LogP contribution in [-0.2, 0) is 28.9 Å². The topological polar surface area (TPSA) is 78.9 Å². The van der Waals surface area contributed by atoms with E-state index in [2.05, 4.69) is 4.18 Å². The number of carbonyl (C=O) groups is 1. The third-order valence-electron chi connectivity index (χ3n) is 3.80. The van der Waals surface area contributed by atoms with Crippen LogP contribution in [0.15, 0.2) is 0 Å². The zero-order valence-corrected chi connectivity index (χ0v) is 16.6. The first kappa shape index (κ1) is 23.3. The molecular weight excluding hydrogens is 332 g/mol. The quantitative estimate of drug-likeness (QED) is 0.213. The van der Waals surface area contributed by atoms with Crippen LogP contribution in [-0.4, -0.2) is 33.9 Å². The van der Waals surface area contributed by atoms with Crippen molar-refractivity contribution in [3.63, 3.8) is 0 Å². The van der Waals surface area contributed by atoms with Gasteiger partial charge in [-0.1, -0.05) is 53.4 Å². The van der Waals surface area contributed by atoms with Gasteiger partial charge in [0, 0.05) is 0 Å². The van der Waals surface area contributed by atoms with Gasteiger partial charge in [-0.3, -0.25) is 9.07 Å². The molecule has 0 radical (unpaired) electrons. The molecule has 1 unspecified atom stereocenters. The van der Waals surface area contributed by atoms with Crippen LogP contribution in [0.25, 0.3) is 0 Å². The molecule has 0 heterocycles. The highest BCUT2D eigenvalue weighted by molar-refractivity contribution is 7.85. The van der Waals surface area contributed by atoms with Crippen LogP contribution >= 0.6 is 0 Å². The summed E-state index contributed by atoms with van der Waals surface area (Å²) < 4.78 is 26.2. The molecule has 144 valence electrons. The molecule has 0 spiro atoms. The second-order valence-electron chi connectivity index (χ2n) is 7.20. The van der Waals surface area contributed by atoms with E-state index < -0.39 is 10.1 Å². The number of hydrogen-bond acceptors (Lipinski definition) is 6. The lowest BCUT2D eigenvalue weighted by atomic mass is 9.79. The summed E-state index contributed by atoms with van der Waals surface area (Å²) in [7, 11) is -3.31. The third-order valence-corrected chi connectivity index (χ3v) is 4.39. The minimum absolute atomic E-state index is 0.129. The summed E-state index contributed by atoms with van der Waals surface area (Å²) in [6.45, 7) is 8.68. The van der Waals surface area contributed by atoms with Gasteiger partial charge in [0.15, 0.2) is 0 Å². The van der Waals surface area contributed by atoms with Crippen LogP contribution in [0.1, 0.15) is 72.6 Å². The van der Waals surface area contributed by atoms with Crippen LogP contribution in [0, 0.1) is 11.3 Å². The number of hydrogen-bond donors (Lipinski definition) is 0. The molecule has 0 aromatic carbocycles. The van der Waals surface area contributed by atoms with Gasteiger partial charge in [0.2, 0.25) is 0 Å². The van der Waals surface area contributed by atoms with Gasteiger partial charge in [-0.05, 0) is 24.7 Å². The van der Waals surface area contributed by atoms with Crippen molar-refractivity contribution in [3.8, 4) is 0 Å². The first-order chi connectivity index (χ1) is 11.1. The SMILES string of the molecule is CCC(C(=O)OOCCCCCCCCOS(C)(=O)=O)C(C)(C)C. The van der Waals surface area contributed by atoms with E-state index in [1.807, 2.05) is 27.7 Å². The summed E-state index contributed by atoms with van der Waals surface area (Å²) in [5.41, 5.74) is -0.129. The van der Waals surface area contributed by atoms with Crippen LogP contribution in [0.5, 0.6) is 0 Å². The van der Waals surface area contributed by atoms with E-state index >= 15 is 0 Å². The van der Waals surface area contributed by atoms with Gasteiger partial charge in [0.05, 0.1) is 25.4 Å². The second kappa shape index (κ2) is 11.8. The van der Waals surface area contributed by atoms with Crippen molar-refractivity contribution in [2.75, 3.05) is 19.5 Å². The van der Waals surface area contributed by atoms with E-state index in [9.17, 15) is 13.2 Å². The molecule has 7 heteroatoms. The van der Waals surface area contributed by atoms with E-state index in [4.69, 9.17) is 9.78 Å². The van der Waals surface area contributed by atoms with Gasteiger partial charge in [0.1, 0.15) is 0 Å². The second-order valence-corrected chi connectivity index (χ2v) is 8.84. The standard InChI is InChI=1S/C17H34O6S/c1-6-15(17(2,3)4)16(18)23-21-13-11-9-7-8-10-12-14-22-24(5,19)20/h15H,6-14H2,1-5H3. The number of unbranched alkanes of at least 4 members (excludes halogenated alkanes) is 5. The maximum Gasteiger partial charge on any atom is 0.345 e. The van der Waals surface area contributed by atoms with Gasteiger partial charge in [0.25, 0.3) is 10.1 Å². The van der Waals surface area contributed by atoms with E-state index in [1.165, 1.54) is 0 Å². The molecule has 0 N–H and O–H groups in total. The monoisotopic (exact) mass is 366 g/mol. The Bertz CT molecular complexity index is 438. The van der Waals surface area contributed by atoms with Crippen molar-refractivity contribution in [3.05, 3.63) is 0 Å². The fourth-order valence-electron chi connectivity index (χ4n) is 2.47. The Morgan fingerprint density at radius 2 is 1.46 bits per heavy atom. The maximum absolute atomic E-state index is 11.9. The fourth-order valence-corrected chi connectivity index (χ4v) is 2.89. The predicted molar refractivity (Wildman–Crippen MR) is 93.8 cm³/mol. The summed E-state index contributed by atoms with van der Waals surface area (Å²) in [6, 6.07) is 0. The van der Waals surface area contributed by atoms with E-state index in [0.29, 0.717) is 6.61 Å². The maximum atomic E-state index is 11.9. The van der Waals surface area contributed by atoms with Crippen LogP contribution in [0.2, 0.25) is 0 Å². The third kappa shape index (κ3) is 12.7. The lowest BCUT2D eigenvalue weighted by Gasteiger charge is -2.26. The Labute approximate surface area is 147 Å². The molecule has 0 aromatic rings. The smallest absolute Gasteiger partial charge is 0.298 e. The lowest BCUT2D eigenvalue weighted by molar-refractivity contribution is -0.278. The molecule has 0 amide bonds. The highest BCUT2D eigenvalue weighted by atomic mass is 32.2. The van der Waals surface area contributed by atoms with Crippen molar-refractivity contribution in [1.82, 2.24) is 0 Å². The normalized spacial score (nSPS) is 13.7. The highest BCUT2D eigenvalue weighted by Crippen LogP contribution is 2.29. The summed E-state index contributed by atoms with van der Waals surface area (Å²) >= 11 is 0. The van der Waals surface area contributed by atoms with E-state index in [-0.39, 0.29) is 23.9 Å². The lowest BCUT2D eigenvalue weighted by Crippen LogP contribution is -2.29. The number of carbonyl (C=O) groups excluding carboxylic acids is 1. The molecule has 0 fully saturated rings. The van der Waals surface area contributed by atoms with Crippen molar-refractivity contribution in [2.45, 2.75) is 72.6 Å². The van der Waals surface area contributed by atoms with Crippen molar-refractivity contribution in [2.24, 2.45) is 11.3 Å². The molecule has 24 heavy (non-hydrogen) atoms. The van der Waals surface area contributed by atoms with Crippen LogP contribution in [0.3, 0.4) is 0 Å². The highest BCUT2D eigenvalue weighted by Gasteiger charge is 2.31.